The van der Waals surface area contributed by atoms with E-state index in [4.69, 9.17) is 5.84 Å². The van der Waals surface area contributed by atoms with Crippen LogP contribution < -0.4 is 16.6 Å². The first-order valence-corrected chi connectivity index (χ1v) is 7.74. The van der Waals surface area contributed by atoms with Crippen LogP contribution in [-0.2, 0) is 0 Å². The lowest BCUT2D eigenvalue weighted by Crippen LogP contribution is -2.45. The average molecular weight is 258 g/mol. The van der Waals surface area contributed by atoms with Crippen LogP contribution in [0, 0.1) is 0 Å². The second-order valence-corrected chi connectivity index (χ2v) is 6.04. The highest BCUT2D eigenvalue weighted by Crippen LogP contribution is 2.29. The van der Waals surface area contributed by atoms with Crippen LogP contribution in [0.1, 0.15) is 46.0 Å². The number of thioether (sulfide) groups is 1. The van der Waals surface area contributed by atoms with Crippen LogP contribution in [0.4, 0.5) is 0 Å². The molecule has 0 heterocycles. The molecule has 0 amide bonds. The fourth-order valence-electron chi connectivity index (χ4n) is 2.13. The molecule has 0 radical (unpaired) electrons. The van der Waals surface area contributed by atoms with Gasteiger partial charge >= 0.3 is 0 Å². The van der Waals surface area contributed by atoms with E-state index in [1.807, 2.05) is 0 Å². The van der Waals surface area contributed by atoms with Crippen LogP contribution in [0.3, 0.4) is 0 Å². The zero-order valence-corrected chi connectivity index (χ0v) is 11.9. The third-order valence-corrected chi connectivity index (χ3v) is 4.28. The third-order valence-electron chi connectivity index (χ3n) is 3.05. The summed E-state index contributed by atoms with van der Waals surface area (Å²) in [6.07, 6.45) is 6.05. The van der Waals surface area contributed by atoms with E-state index in [1.165, 1.54) is 31.4 Å². The molecule has 1 fully saturated rings. The summed E-state index contributed by atoms with van der Waals surface area (Å²) in [5, 5.41) is 4.23. The van der Waals surface area contributed by atoms with Crippen LogP contribution >= 0.6 is 11.8 Å². The molecular formula is C12H26N4S. The smallest absolute Gasteiger partial charge is 0.205 e. The van der Waals surface area contributed by atoms with Crippen LogP contribution in [0.5, 0.6) is 0 Å². The first-order valence-electron chi connectivity index (χ1n) is 6.69. The predicted octanol–water partition coefficient (Wildman–Crippen LogP) is 1.87. The lowest BCUT2D eigenvalue weighted by atomic mass is 10.2. The van der Waals surface area contributed by atoms with E-state index >= 15 is 0 Å². The fourth-order valence-corrected chi connectivity index (χ4v) is 3.28. The first-order chi connectivity index (χ1) is 8.30. The number of guanidine groups is 1. The van der Waals surface area contributed by atoms with Gasteiger partial charge in [-0.3, -0.25) is 10.4 Å². The summed E-state index contributed by atoms with van der Waals surface area (Å²) < 4.78 is 0. The maximum atomic E-state index is 5.48. The maximum absolute atomic E-state index is 5.48. The highest BCUT2D eigenvalue weighted by molar-refractivity contribution is 7.99. The Kier molecular flexibility index (Phi) is 7.44. The molecule has 0 spiro atoms. The van der Waals surface area contributed by atoms with Gasteiger partial charge in [0, 0.05) is 17.8 Å². The average Bonchev–Trinajstić information content (AvgIpc) is 2.76. The maximum Gasteiger partial charge on any atom is 0.205 e. The standard InChI is InChI=1S/C12H26N4S/c1-3-5-8-14-12(16-13)15-10-6-7-11(9-10)17-4-2/h10-11H,3-9,13H2,1-2H3,(H2,14,15,16). The third kappa shape index (κ3) is 5.64. The minimum atomic E-state index is 0.537. The van der Waals surface area contributed by atoms with Gasteiger partial charge in [-0.2, -0.15) is 11.8 Å². The number of aliphatic imine (C=N–C) groups is 1. The zero-order valence-electron chi connectivity index (χ0n) is 11.0. The highest BCUT2D eigenvalue weighted by Gasteiger charge is 2.24. The Morgan fingerprint density at radius 2 is 2.24 bits per heavy atom. The lowest BCUT2D eigenvalue weighted by Gasteiger charge is -2.15. The first kappa shape index (κ1) is 14.6. The Bertz CT molecular complexity index is 233. The molecule has 4 N–H and O–H groups in total. The van der Waals surface area contributed by atoms with Crippen LogP contribution in [-0.4, -0.2) is 29.5 Å². The van der Waals surface area contributed by atoms with Gasteiger partial charge in [-0.15, -0.1) is 0 Å². The summed E-state index contributed by atoms with van der Waals surface area (Å²) in [6, 6.07) is 0.537. The van der Waals surface area contributed by atoms with E-state index in [9.17, 15) is 0 Å². The van der Waals surface area contributed by atoms with Gasteiger partial charge in [0.25, 0.3) is 0 Å². The van der Waals surface area contributed by atoms with Crippen molar-refractivity contribution in [1.29, 1.82) is 0 Å². The lowest BCUT2D eigenvalue weighted by molar-refractivity contribution is 0.614. The summed E-state index contributed by atoms with van der Waals surface area (Å²) in [4.78, 5) is 4.43. The molecule has 17 heavy (non-hydrogen) atoms. The minimum absolute atomic E-state index is 0.537. The molecule has 0 aromatic heterocycles. The number of nitrogens with one attached hydrogen (secondary N) is 2. The number of nitrogens with two attached hydrogens (primary N) is 1. The number of hydrogen-bond donors (Lipinski definition) is 3. The summed E-state index contributed by atoms with van der Waals surface area (Å²) in [5.74, 6) is 7.45. The molecule has 2 atom stereocenters. The summed E-state index contributed by atoms with van der Waals surface area (Å²) in [5.41, 5.74) is 2.67. The van der Waals surface area contributed by atoms with Gasteiger partial charge in [0.05, 0.1) is 0 Å². The number of rotatable bonds is 6. The highest BCUT2D eigenvalue weighted by atomic mass is 32.2. The molecule has 0 aromatic rings. The number of hydrazine groups is 1. The Labute approximate surface area is 109 Å². The quantitative estimate of drug-likeness (QED) is 0.224. The van der Waals surface area contributed by atoms with Gasteiger partial charge in [0.1, 0.15) is 0 Å². The molecule has 1 aliphatic carbocycles. The van der Waals surface area contributed by atoms with Gasteiger partial charge in [-0.05, 0) is 31.4 Å². The second-order valence-electron chi connectivity index (χ2n) is 4.46. The summed E-state index contributed by atoms with van der Waals surface area (Å²) >= 11 is 2.07. The zero-order chi connectivity index (χ0) is 12.5. The van der Waals surface area contributed by atoms with Gasteiger partial charge in [0.15, 0.2) is 0 Å². The van der Waals surface area contributed by atoms with Gasteiger partial charge in [-0.25, -0.2) is 5.84 Å². The molecule has 4 nitrogen and oxygen atoms in total. The molecule has 0 aromatic carbocycles. The van der Waals surface area contributed by atoms with Crippen molar-refractivity contribution in [2.24, 2.45) is 10.8 Å². The molecule has 100 valence electrons. The van der Waals surface area contributed by atoms with E-state index < -0.39 is 0 Å². The van der Waals surface area contributed by atoms with Crippen molar-refractivity contribution in [3.8, 4) is 0 Å². The molecular weight excluding hydrogens is 232 g/mol. The van der Waals surface area contributed by atoms with Crippen molar-refractivity contribution in [1.82, 2.24) is 10.7 Å². The largest absolute Gasteiger partial charge is 0.353 e. The van der Waals surface area contributed by atoms with Gasteiger partial charge in [0.2, 0.25) is 5.96 Å². The molecule has 0 saturated heterocycles. The van der Waals surface area contributed by atoms with Crippen molar-refractivity contribution < 1.29 is 0 Å². The summed E-state index contributed by atoms with van der Waals surface area (Å²) in [7, 11) is 0. The SMILES string of the molecule is CCCCN=C(NN)NC1CCC(SCC)C1. The van der Waals surface area contributed by atoms with Crippen molar-refractivity contribution in [2.45, 2.75) is 57.2 Å². The van der Waals surface area contributed by atoms with E-state index in [0.717, 1.165) is 24.2 Å². The minimum Gasteiger partial charge on any atom is -0.353 e. The van der Waals surface area contributed by atoms with Crippen molar-refractivity contribution in [2.75, 3.05) is 12.3 Å². The Morgan fingerprint density at radius 3 is 2.88 bits per heavy atom. The normalized spacial score (nSPS) is 25.0. The van der Waals surface area contributed by atoms with Crippen LogP contribution in [0.2, 0.25) is 0 Å². The Morgan fingerprint density at radius 1 is 1.41 bits per heavy atom. The van der Waals surface area contributed by atoms with Crippen molar-refractivity contribution >= 4 is 17.7 Å². The summed E-state index contributed by atoms with van der Waals surface area (Å²) in [6.45, 7) is 5.25. The van der Waals surface area contributed by atoms with Crippen LogP contribution in [0.15, 0.2) is 4.99 Å². The number of nitrogens with zero attached hydrogens (tertiary/aromatic N) is 1. The van der Waals surface area contributed by atoms with Crippen molar-refractivity contribution in [3.05, 3.63) is 0 Å². The fraction of sp³-hybridized carbons (Fsp3) is 0.917. The van der Waals surface area contributed by atoms with Gasteiger partial charge in [-0.1, -0.05) is 20.3 Å². The van der Waals surface area contributed by atoms with Gasteiger partial charge < -0.3 is 5.32 Å². The molecule has 2 unspecified atom stereocenters. The monoisotopic (exact) mass is 258 g/mol. The molecule has 1 rings (SSSR count). The topological polar surface area (TPSA) is 62.4 Å². The number of unbranched alkanes of at least 4 members (excludes halogenated alkanes) is 1. The molecule has 1 aliphatic rings. The molecule has 1 saturated carbocycles. The van der Waals surface area contributed by atoms with Crippen LogP contribution in [0.25, 0.3) is 0 Å². The molecule has 5 heteroatoms. The van der Waals surface area contributed by atoms with E-state index in [2.05, 4.69) is 41.3 Å². The molecule has 0 aliphatic heterocycles. The Balaban J connectivity index is 2.29. The van der Waals surface area contributed by atoms with E-state index in [1.54, 1.807) is 0 Å². The predicted molar refractivity (Wildman–Crippen MR) is 77.2 cm³/mol. The second kappa shape index (κ2) is 8.64. The number of hydrogen-bond acceptors (Lipinski definition) is 3. The van der Waals surface area contributed by atoms with Crippen molar-refractivity contribution in [3.63, 3.8) is 0 Å². The van der Waals surface area contributed by atoms with E-state index in [-0.39, 0.29) is 0 Å². The van der Waals surface area contributed by atoms with E-state index in [0.29, 0.717) is 6.04 Å². The Hall–Kier alpha value is -0.420. The molecule has 0 bridgehead atoms.